The zero-order valence-corrected chi connectivity index (χ0v) is 12.1. The van der Waals surface area contributed by atoms with Gasteiger partial charge in [-0.25, -0.2) is 0 Å². The normalized spacial score (nSPS) is 23.3. The van der Waals surface area contributed by atoms with Gasteiger partial charge < -0.3 is 0 Å². The third kappa shape index (κ3) is 3.69. The maximum atomic E-state index is 4.82. The van der Waals surface area contributed by atoms with Gasteiger partial charge in [-0.05, 0) is 35.7 Å². The van der Waals surface area contributed by atoms with Crippen LogP contribution >= 0.6 is 0 Å². The van der Waals surface area contributed by atoms with Crippen LogP contribution in [0.4, 0.5) is 0 Å². The lowest BCUT2D eigenvalue weighted by atomic mass is 9.64. The van der Waals surface area contributed by atoms with Crippen molar-refractivity contribution in [3.05, 3.63) is 35.9 Å². The van der Waals surface area contributed by atoms with Crippen LogP contribution in [0, 0.1) is 10.8 Å². The molecule has 0 radical (unpaired) electrons. The fourth-order valence-corrected chi connectivity index (χ4v) is 3.62. The molecule has 1 aromatic rings. The Balaban J connectivity index is 2.07. The molecule has 98 valence electrons. The smallest absolute Gasteiger partial charge is 0.0510 e. The van der Waals surface area contributed by atoms with Gasteiger partial charge in [-0.15, -0.1) is 0 Å². The third-order valence-electron chi connectivity index (χ3n) is 3.77. The molecular weight excluding hydrogens is 218 g/mol. The molecule has 0 bridgehead atoms. The molecule has 0 spiro atoms. The third-order valence-corrected chi connectivity index (χ3v) is 3.77. The summed E-state index contributed by atoms with van der Waals surface area (Å²) in [6.45, 7) is 9.50. The average Bonchev–Trinajstić information content (AvgIpc) is 2.24. The second-order valence-corrected chi connectivity index (χ2v) is 7.26. The highest BCUT2D eigenvalue weighted by molar-refractivity contribution is 5.79. The van der Waals surface area contributed by atoms with Crippen molar-refractivity contribution in [2.24, 2.45) is 15.8 Å². The van der Waals surface area contributed by atoms with Gasteiger partial charge in [0.25, 0.3) is 0 Å². The Morgan fingerprint density at radius 2 is 1.56 bits per heavy atom. The van der Waals surface area contributed by atoms with Crippen LogP contribution in [-0.4, -0.2) is 12.3 Å². The fraction of sp³-hybridized carbons (Fsp3) is 0.588. The molecule has 1 aliphatic carbocycles. The van der Waals surface area contributed by atoms with Crippen LogP contribution in [0.1, 0.15) is 52.5 Å². The van der Waals surface area contributed by atoms with Gasteiger partial charge in [0.15, 0.2) is 0 Å². The summed E-state index contributed by atoms with van der Waals surface area (Å²) in [5, 5.41) is 0. The Bertz CT molecular complexity index is 398. The lowest BCUT2D eigenvalue weighted by Gasteiger charge is -2.43. The van der Waals surface area contributed by atoms with Crippen LogP contribution in [0.3, 0.4) is 0 Å². The van der Waals surface area contributed by atoms with Gasteiger partial charge in [0.1, 0.15) is 0 Å². The largest absolute Gasteiger partial charge is 0.289 e. The first kappa shape index (κ1) is 13.3. The summed E-state index contributed by atoms with van der Waals surface area (Å²) >= 11 is 0. The van der Waals surface area contributed by atoms with E-state index in [4.69, 9.17) is 4.99 Å². The van der Waals surface area contributed by atoms with Gasteiger partial charge in [0, 0.05) is 6.21 Å². The Morgan fingerprint density at radius 3 is 2.11 bits per heavy atom. The van der Waals surface area contributed by atoms with Crippen LogP contribution in [0.5, 0.6) is 0 Å². The van der Waals surface area contributed by atoms with Gasteiger partial charge in [0.2, 0.25) is 0 Å². The molecule has 1 aromatic carbocycles. The van der Waals surface area contributed by atoms with Crippen molar-refractivity contribution < 1.29 is 0 Å². The van der Waals surface area contributed by atoms with E-state index >= 15 is 0 Å². The Kier molecular flexibility index (Phi) is 3.61. The minimum Gasteiger partial charge on any atom is -0.289 e. The van der Waals surface area contributed by atoms with Gasteiger partial charge in [-0.2, -0.15) is 0 Å². The summed E-state index contributed by atoms with van der Waals surface area (Å²) in [5.74, 6) is 0. The monoisotopic (exact) mass is 243 g/mol. The summed E-state index contributed by atoms with van der Waals surface area (Å²) < 4.78 is 0. The van der Waals surface area contributed by atoms with Crippen LogP contribution in [0.25, 0.3) is 0 Å². The minimum atomic E-state index is 0.417. The maximum absolute atomic E-state index is 4.82. The Labute approximate surface area is 111 Å². The molecule has 0 aromatic heterocycles. The predicted octanol–water partition coefficient (Wildman–Crippen LogP) is 4.71. The number of hydrogen-bond donors (Lipinski definition) is 0. The first-order valence-electron chi connectivity index (χ1n) is 6.95. The lowest BCUT2D eigenvalue weighted by molar-refractivity contribution is 0.0999. The lowest BCUT2D eigenvalue weighted by Crippen LogP contribution is -2.35. The van der Waals surface area contributed by atoms with E-state index in [2.05, 4.69) is 52.0 Å². The van der Waals surface area contributed by atoms with Crippen molar-refractivity contribution in [3.8, 4) is 0 Å². The van der Waals surface area contributed by atoms with Gasteiger partial charge in [-0.1, -0.05) is 58.0 Å². The van der Waals surface area contributed by atoms with E-state index in [0.717, 1.165) is 0 Å². The molecular formula is C17H25N. The predicted molar refractivity (Wildman–Crippen MR) is 79.2 cm³/mol. The molecule has 1 saturated carbocycles. The zero-order valence-electron chi connectivity index (χ0n) is 12.1. The van der Waals surface area contributed by atoms with E-state index in [1.807, 2.05) is 12.3 Å². The quantitative estimate of drug-likeness (QED) is 0.667. The van der Waals surface area contributed by atoms with E-state index in [9.17, 15) is 0 Å². The van der Waals surface area contributed by atoms with Crippen LogP contribution < -0.4 is 0 Å². The Morgan fingerprint density at radius 1 is 1.00 bits per heavy atom. The molecule has 0 aliphatic heterocycles. The highest BCUT2D eigenvalue weighted by Gasteiger charge is 2.38. The molecule has 2 rings (SSSR count). The maximum Gasteiger partial charge on any atom is 0.0510 e. The molecule has 1 aliphatic rings. The summed E-state index contributed by atoms with van der Waals surface area (Å²) in [5.41, 5.74) is 2.04. The Hall–Kier alpha value is -1.11. The van der Waals surface area contributed by atoms with E-state index in [0.29, 0.717) is 16.9 Å². The molecule has 0 atom stereocenters. The minimum absolute atomic E-state index is 0.417. The molecule has 1 fully saturated rings. The van der Waals surface area contributed by atoms with Crippen molar-refractivity contribution in [1.82, 2.24) is 0 Å². The van der Waals surface area contributed by atoms with E-state index in [1.165, 1.54) is 24.8 Å². The number of benzene rings is 1. The van der Waals surface area contributed by atoms with Gasteiger partial charge in [0.05, 0.1) is 6.04 Å². The molecule has 0 N–H and O–H groups in total. The van der Waals surface area contributed by atoms with Crippen LogP contribution in [0.2, 0.25) is 0 Å². The second-order valence-electron chi connectivity index (χ2n) is 7.26. The van der Waals surface area contributed by atoms with Crippen molar-refractivity contribution in [2.45, 2.75) is 53.0 Å². The molecule has 0 unspecified atom stereocenters. The highest BCUT2D eigenvalue weighted by atomic mass is 14.8. The van der Waals surface area contributed by atoms with Gasteiger partial charge >= 0.3 is 0 Å². The average molecular weight is 243 g/mol. The number of nitrogens with zero attached hydrogens (tertiary/aromatic N) is 1. The summed E-state index contributed by atoms with van der Waals surface area (Å²) in [6.07, 6.45) is 5.76. The highest BCUT2D eigenvalue weighted by Crippen LogP contribution is 2.46. The van der Waals surface area contributed by atoms with Gasteiger partial charge in [-0.3, -0.25) is 4.99 Å². The molecule has 1 heteroatoms. The van der Waals surface area contributed by atoms with Crippen LogP contribution in [-0.2, 0) is 0 Å². The fourth-order valence-electron chi connectivity index (χ4n) is 3.62. The van der Waals surface area contributed by atoms with E-state index < -0.39 is 0 Å². The summed E-state index contributed by atoms with van der Waals surface area (Å²) in [6, 6.07) is 10.9. The van der Waals surface area contributed by atoms with Crippen molar-refractivity contribution in [1.29, 1.82) is 0 Å². The van der Waals surface area contributed by atoms with Crippen molar-refractivity contribution in [2.75, 3.05) is 0 Å². The molecule has 1 nitrogen and oxygen atoms in total. The van der Waals surface area contributed by atoms with E-state index in [-0.39, 0.29) is 0 Å². The number of aliphatic imine (C=N–C) groups is 1. The number of hydrogen-bond acceptors (Lipinski definition) is 1. The molecule has 0 saturated heterocycles. The van der Waals surface area contributed by atoms with Crippen molar-refractivity contribution in [3.63, 3.8) is 0 Å². The second kappa shape index (κ2) is 4.87. The number of rotatable bonds is 2. The SMILES string of the molecule is CC1(C)CC(/N=C/c2ccccc2)CC(C)(C)C1. The first-order valence-corrected chi connectivity index (χ1v) is 6.95. The summed E-state index contributed by atoms with van der Waals surface area (Å²) in [4.78, 5) is 4.82. The first-order chi connectivity index (χ1) is 8.36. The molecule has 0 amide bonds. The van der Waals surface area contributed by atoms with Crippen LogP contribution in [0.15, 0.2) is 35.3 Å². The van der Waals surface area contributed by atoms with E-state index in [1.54, 1.807) is 0 Å². The zero-order chi connectivity index (χ0) is 13.2. The van der Waals surface area contributed by atoms with Crippen molar-refractivity contribution >= 4 is 6.21 Å². The topological polar surface area (TPSA) is 12.4 Å². The summed E-state index contributed by atoms with van der Waals surface area (Å²) in [7, 11) is 0. The molecule has 18 heavy (non-hydrogen) atoms. The standard InChI is InChI=1S/C17H25N/c1-16(2)10-15(11-17(3,4)13-16)18-12-14-8-6-5-7-9-14/h5-9,12,15H,10-11,13H2,1-4H3/b18-12+. The molecule has 0 heterocycles.